The first kappa shape index (κ1) is 24.9. The fraction of sp³-hybridized carbons (Fsp3) is 0.400. The van der Waals surface area contributed by atoms with Crippen molar-refractivity contribution in [3.05, 3.63) is 29.3 Å². The van der Waals surface area contributed by atoms with E-state index >= 15 is 0 Å². The molecule has 0 aromatic heterocycles. The standard InChI is InChI=1S/C15H21N2O7P.Na/c1-4-24-25(22,23)9-12(18)8-14(19)17(21)15(20)16-13-6-5-10(2)7-11(13)3;/h5-7,21H,4,8-9H2,1-3H3,(H,16,20)(H,22,23);/q;+1/p-1. The second-order valence-electron chi connectivity index (χ2n) is 5.36. The van der Waals surface area contributed by atoms with Crippen LogP contribution < -0.4 is 39.8 Å². The molecule has 11 heteroatoms. The second kappa shape index (κ2) is 10.9. The predicted molar refractivity (Wildman–Crippen MR) is 87.3 cm³/mol. The summed E-state index contributed by atoms with van der Waals surface area (Å²) in [5.41, 5.74) is 2.07. The molecule has 0 aliphatic heterocycles. The molecule has 26 heavy (non-hydrogen) atoms. The zero-order valence-corrected chi connectivity index (χ0v) is 18.0. The van der Waals surface area contributed by atoms with Gasteiger partial charge in [-0.05, 0) is 32.4 Å². The number of amides is 3. The van der Waals surface area contributed by atoms with E-state index in [9.17, 15) is 29.0 Å². The Hall–Kier alpha value is -1.06. The van der Waals surface area contributed by atoms with Gasteiger partial charge in [0.1, 0.15) is 7.60 Å². The molecular formula is C15H20N2NaO7P. The van der Waals surface area contributed by atoms with E-state index in [4.69, 9.17) is 0 Å². The number of hydrogen-bond acceptors (Lipinski definition) is 7. The van der Waals surface area contributed by atoms with Crippen LogP contribution >= 0.6 is 7.60 Å². The van der Waals surface area contributed by atoms with Gasteiger partial charge in [0.2, 0.25) is 0 Å². The van der Waals surface area contributed by atoms with Crippen molar-refractivity contribution in [2.75, 3.05) is 18.1 Å². The smallest absolute Gasteiger partial charge is 0.778 e. The molecule has 1 aromatic rings. The molecule has 0 radical (unpaired) electrons. The maximum Gasteiger partial charge on any atom is 1.00 e. The molecule has 0 aliphatic rings. The van der Waals surface area contributed by atoms with Crippen LogP contribution in [0.2, 0.25) is 0 Å². The summed E-state index contributed by atoms with van der Waals surface area (Å²) in [5.74, 6) is -2.24. The summed E-state index contributed by atoms with van der Waals surface area (Å²) in [5, 5.41) is 11.7. The summed E-state index contributed by atoms with van der Waals surface area (Å²) in [6.45, 7) is 4.90. The van der Waals surface area contributed by atoms with Crippen LogP contribution in [0.25, 0.3) is 0 Å². The van der Waals surface area contributed by atoms with Gasteiger partial charge < -0.3 is 19.3 Å². The predicted octanol–water partition coefficient (Wildman–Crippen LogP) is -1.39. The van der Waals surface area contributed by atoms with E-state index in [0.717, 1.165) is 5.56 Å². The summed E-state index contributed by atoms with van der Waals surface area (Å²) in [7, 11) is -4.38. The molecule has 0 heterocycles. The van der Waals surface area contributed by atoms with Crippen molar-refractivity contribution in [2.45, 2.75) is 27.2 Å². The largest absolute Gasteiger partial charge is 1.00 e. The molecule has 0 fully saturated rings. The Labute approximate surface area is 173 Å². The number of hydroxylamine groups is 2. The Kier molecular flexibility index (Phi) is 10.5. The molecule has 138 valence electrons. The number of nitrogens with zero attached hydrogens (tertiary/aromatic N) is 1. The Morgan fingerprint density at radius 1 is 1.31 bits per heavy atom. The minimum Gasteiger partial charge on any atom is -0.778 e. The molecular weight excluding hydrogens is 374 g/mol. The number of nitrogens with one attached hydrogen (secondary N) is 1. The number of anilines is 1. The molecule has 9 nitrogen and oxygen atoms in total. The van der Waals surface area contributed by atoms with E-state index in [1.807, 2.05) is 6.92 Å². The molecule has 0 bridgehead atoms. The van der Waals surface area contributed by atoms with Crippen molar-refractivity contribution in [3.63, 3.8) is 0 Å². The summed E-state index contributed by atoms with van der Waals surface area (Å²) in [4.78, 5) is 46.5. The van der Waals surface area contributed by atoms with Crippen LogP contribution in [-0.2, 0) is 18.7 Å². The molecule has 0 aliphatic carbocycles. The molecule has 2 N–H and O–H groups in total. The van der Waals surface area contributed by atoms with Gasteiger partial charge in [0, 0.05) is 5.69 Å². The third-order valence-electron chi connectivity index (χ3n) is 3.10. The summed E-state index contributed by atoms with van der Waals surface area (Å²) in [6.07, 6.45) is -1.94. The van der Waals surface area contributed by atoms with Gasteiger partial charge in [0.05, 0.1) is 19.2 Å². The number of Topliss-reactive ketones (excluding diaryl/α,β-unsaturated/α-hetero) is 1. The number of carbonyl (C=O) groups is 3. The van der Waals surface area contributed by atoms with Crippen molar-refractivity contribution < 1.29 is 63.1 Å². The van der Waals surface area contributed by atoms with Gasteiger partial charge in [-0.1, -0.05) is 17.7 Å². The fourth-order valence-corrected chi connectivity index (χ4v) is 3.02. The Bertz CT molecular complexity index is 726. The van der Waals surface area contributed by atoms with Gasteiger partial charge in [0.15, 0.2) is 5.78 Å². The van der Waals surface area contributed by atoms with Gasteiger partial charge in [-0.3, -0.25) is 14.8 Å². The van der Waals surface area contributed by atoms with Crippen LogP contribution in [0.3, 0.4) is 0 Å². The molecule has 0 spiro atoms. The van der Waals surface area contributed by atoms with Gasteiger partial charge in [-0.2, -0.15) is 0 Å². The molecule has 1 unspecified atom stereocenters. The molecule has 0 saturated carbocycles. The monoisotopic (exact) mass is 394 g/mol. The van der Waals surface area contributed by atoms with Crippen LogP contribution in [0.4, 0.5) is 10.5 Å². The number of ketones is 1. The van der Waals surface area contributed by atoms with E-state index in [0.29, 0.717) is 11.3 Å². The van der Waals surface area contributed by atoms with E-state index in [1.54, 1.807) is 25.1 Å². The van der Waals surface area contributed by atoms with E-state index in [-0.39, 0.29) is 41.2 Å². The Morgan fingerprint density at radius 2 is 1.92 bits per heavy atom. The first-order valence-electron chi connectivity index (χ1n) is 7.42. The third kappa shape index (κ3) is 8.09. The van der Waals surface area contributed by atoms with Crippen molar-refractivity contribution in [1.82, 2.24) is 5.06 Å². The summed E-state index contributed by atoms with van der Waals surface area (Å²) < 4.78 is 15.8. The molecule has 3 amide bonds. The first-order valence-corrected chi connectivity index (χ1v) is 9.15. The van der Waals surface area contributed by atoms with Crippen LogP contribution in [0.1, 0.15) is 24.5 Å². The van der Waals surface area contributed by atoms with Crippen molar-refractivity contribution >= 4 is 31.0 Å². The van der Waals surface area contributed by atoms with E-state index < -0.39 is 37.9 Å². The normalized spacial score (nSPS) is 12.5. The third-order valence-corrected chi connectivity index (χ3v) is 4.49. The van der Waals surface area contributed by atoms with Crippen LogP contribution in [0.15, 0.2) is 18.2 Å². The van der Waals surface area contributed by atoms with Crippen molar-refractivity contribution in [2.24, 2.45) is 0 Å². The average molecular weight is 394 g/mol. The molecule has 1 aromatic carbocycles. The zero-order chi connectivity index (χ0) is 19.2. The van der Waals surface area contributed by atoms with Crippen molar-refractivity contribution in [3.8, 4) is 0 Å². The Morgan fingerprint density at radius 3 is 2.46 bits per heavy atom. The quantitative estimate of drug-likeness (QED) is 0.191. The summed E-state index contributed by atoms with van der Waals surface area (Å²) >= 11 is 0. The summed E-state index contributed by atoms with van der Waals surface area (Å²) in [6, 6.07) is 3.97. The number of hydrogen-bond donors (Lipinski definition) is 2. The van der Waals surface area contributed by atoms with Gasteiger partial charge >= 0.3 is 35.6 Å². The van der Waals surface area contributed by atoms with Gasteiger partial charge in [-0.15, -0.1) is 5.06 Å². The SMILES string of the molecule is CCOP(=O)([O-])CC(=O)CC(=O)N(O)C(=O)Nc1ccc(C)cc1C.[Na+]. The molecule has 1 atom stereocenters. The minimum absolute atomic E-state index is 0. The molecule has 1 rings (SSSR count). The zero-order valence-electron chi connectivity index (χ0n) is 15.1. The van der Waals surface area contributed by atoms with Crippen LogP contribution in [0.5, 0.6) is 0 Å². The van der Waals surface area contributed by atoms with Crippen molar-refractivity contribution in [1.29, 1.82) is 0 Å². The number of imide groups is 1. The number of aryl methyl sites for hydroxylation is 2. The maximum atomic E-state index is 11.9. The van der Waals surface area contributed by atoms with Gasteiger partial charge in [-0.25, -0.2) is 4.79 Å². The van der Waals surface area contributed by atoms with Crippen LogP contribution in [-0.4, -0.2) is 40.8 Å². The Balaban J connectivity index is 0.00000625. The topological polar surface area (TPSA) is 136 Å². The number of rotatable bonds is 7. The van der Waals surface area contributed by atoms with E-state index in [1.165, 1.54) is 6.92 Å². The van der Waals surface area contributed by atoms with Crippen LogP contribution in [0, 0.1) is 13.8 Å². The first-order chi connectivity index (χ1) is 11.6. The number of benzene rings is 1. The average Bonchev–Trinajstić information content (AvgIpc) is 2.48. The number of carbonyl (C=O) groups excluding carboxylic acids is 3. The second-order valence-corrected chi connectivity index (χ2v) is 7.15. The van der Waals surface area contributed by atoms with Gasteiger partial charge in [0.25, 0.3) is 5.91 Å². The fourth-order valence-electron chi connectivity index (χ4n) is 1.99. The molecule has 0 saturated heterocycles. The van der Waals surface area contributed by atoms with E-state index in [2.05, 4.69) is 9.84 Å². The maximum absolute atomic E-state index is 11.9. The number of urea groups is 1. The minimum atomic E-state index is -4.38.